The fourth-order valence-electron chi connectivity index (χ4n) is 4.09. The number of amides is 1. The zero-order valence-corrected chi connectivity index (χ0v) is 24.0. The van der Waals surface area contributed by atoms with E-state index in [9.17, 15) is 13.2 Å². The number of nitriles is 1. The number of sulfonamides is 1. The summed E-state index contributed by atoms with van der Waals surface area (Å²) in [6.45, 7) is 7.61. The van der Waals surface area contributed by atoms with Crippen LogP contribution in [-0.2, 0) is 21.2 Å². The van der Waals surface area contributed by atoms with Gasteiger partial charge in [0.15, 0.2) is 0 Å². The summed E-state index contributed by atoms with van der Waals surface area (Å²) in [5.41, 5.74) is 0.793. The van der Waals surface area contributed by atoms with E-state index in [1.54, 1.807) is 18.2 Å². The number of carbonyl (C=O) groups excluding carboxylic acids is 1. The summed E-state index contributed by atoms with van der Waals surface area (Å²) in [4.78, 5) is 16.9. The van der Waals surface area contributed by atoms with Crippen molar-refractivity contribution in [3.63, 3.8) is 0 Å². The van der Waals surface area contributed by atoms with Crippen LogP contribution in [-0.4, -0.2) is 48.5 Å². The number of nitrogens with one attached hydrogen (secondary N) is 3. The Morgan fingerprint density at radius 1 is 1.24 bits per heavy atom. The van der Waals surface area contributed by atoms with Crippen LogP contribution in [0.15, 0.2) is 59.4 Å². The van der Waals surface area contributed by atoms with E-state index < -0.39 is 21.7 Å². The number of aromatic nitrogens is 1. The summed E-state index contributed by atoms with van der Waals surface area (Å²) < 4.78 is 48.7. The first-order valence-electron chi connectivity index (χ1n) is 12.8. The maximum absolute atomic E-state index is 15.3. The molecular formula is C29H31FN6O4S. The predicted molar refractivity (Wildman–Crippen MR) is 152 cm³/mol. The molecule has 10 nitrogen and oxygen atoms in total. The lowest BCUT2D eigenvalue weighted by molar-refractivity contribution is -0.119. The number of allylic oxidation sites excluding steroid dienone is 1. The smallest absolute Gasteiger partial charge is 0.243 e. The number of nitrogens with zero attached hydrogens (tertiary/aromatic N) is 3. The lowest BCUT2D eigenvalue weighted by atomic mass is 10.1. The molecule has 2 heterocycles. The molecule has 1 aromatic heterocycles. The third-order valence-electron chi connectivity index (χ3n) is 6.43. The first-order chi connectivity index (χ1) is 19.3. The number of benzene rings is 2. The number of carbonyl (C=O) groups is 1. The predicted octanol–water partition coefficient (Wildman–Crippen LogP) is 4.16. The molecule has 0 atom stereocenters. The molecule has 41 heavy (non-hydrogen) atoms. The zero-order chi connectivity index (χ0) is 29.9. The van der Waals surface area contributed by atoms with Crippen molar-refractivity contribution < 1.29 is 22.3 Å². The first kappa shape index (κ1) is 29.6. The van der Waals surface area contributed by atoms with Crippen LogP contribution in [0.3, 0.4) is 0 Å². The summed E-state index contributed by atoms with van der Waals surface area (Å²) in [6, 6.07) is 11.1. The van der Waals surface area contributed by atoms with Gasteiger partial charge in [-0.15, -0.1) is 0 Å². The van der Waals surface area contributed by atoms with Crippen molar-refractivity contribution in [1.29, 1.82) is 10.7 Å². The van der Waals surface area contributed by atoms with Gasteiger partial charge in [-0.1, -0.05) is 6.07 Å². The summed E-state index contributed by atoms with van der Waals surface area (Å²) in [6.07, 6.45) is 3.77. The van der Waals surface area contributed by atoms with E-state index in [0.717, 1.165) is 6.21 Å². The number of fused-ring (bicyclic) bond motifs is 1. The van der Waals surface area contributed by atoms with E-state index >= 15 is 4.39 Å². The van der Waals surface area contributed by atoms with Crippen LogP contribution < -0.4 is 15.4 Å². The molecule has 3 N–H and O–H groups in total. The van der Waals surface area contributed by atoms with Gasteiger partial charge in [-0.25, -0.2) is 12.8 Å². The van der Waals surface area contributed by atoms with Gasteiger partial charge in [0.05, 0.1) is 34.5 Å². The van der Waals surface area contributed by atoms with Crippen LogP contribution in [0.5, 0.6) is 11.5 Å². The molecule has 2 aromatic carbocycles. The van der Waals surface area contributed by atoms with Crippen molar-refractivity contribution in [2.75, 3.05) is 13.1 Å². The Labute approximate surface area is 238 Å². The zero-order valence-electron chi connectivity index (χ0n) is 23.2. The van der Waals surface area contributed by atoms with E-state index in [0.29, 0.717) is 10.9 Å². The van der Waals surface area contributed by atoms with Gasteiger partial charge in [0.1, 0.15) is 17.3 Å². The van der Waals surface area contributed by atoms with Gasteiger partial charge >= 0.3 is 0 Å². The van der Waals surface area contributed by atoms with Crippen molar-refractivity contribution >= 4 is 33.0 Å². The second-order valence-corrected chi connectivity index (χ2v) is 12.7. The average molecular weight is 579 g/mol. The maximum atomic E-state index is 15.3. The van der Waals surface area contributed by atoms with Crippen LogP contribution in [0.2, 0.25) is 0 Å². The summed E-state index contributed by atoms with van der Waals surface area (Å²) >= 11 is 0. The number of halogens is 1. The maximum Gasteiger partial charge on any atom is 0.243 e. The Bertz CT molecular complexity index is 1690. The molecule has 0 radical (unpaired) electrons. The number of pyridine rings is 1. The van der Waals surface area contributed by atoms with Crippen LogP contribution >= 0.6 is 0 Å². The van der Waals surface area contributed by atoms with Crippen molar-refractivity contribution in [1.82, 2.24) is 19.9 Å². The van der Waals surface area contributed by atoms with Crippen molar-refractivity contribution in [3.8, 4) is 17.6 Å². The van der Waals surface area contributed by atoms with Crippen LogP contribution in [0, 0.1) is 35.4 Å². The fraction of sp³-hybridized carbons (Fsp3) is 0.310. The molecule has 0 bridgehead atoms. The Morgan fingerprint density at radius 2 is 1.98 bits per heavy atom. The second-order valence-electron chi connectivity index (χ2n) is 10.8. The molecule has 0 unspecified atom stereocenters. The van der Waals surface area contributed by atoms with E-state index in [1.807, 2.05) is 20.8 Å². The highest BCUT2D eigenvalue weighted by Gasteiger charge is 2.37. The molecule has 1 aliphatic heterocycles. The molecule has 0 saturated carbocycles. The van der Waals surface area contributed by atoms with Crippen molar-refractivity contribution in [2.24, 2.45) is 5.92 Å². The monoisotopic (exact) mass is 578 g/mol. The largest absolute Gasteiger partial charge is 0.456 e. The molecule has 1 aliphatic rings. The van der Waals surface area contributed by atoms with E-state index in [2.05, 4.69) is 21.7 Å². The Morgan fingerprint density at radius 3 is 2.63 bits per heavy atom. The summed E-state index contributed by atoms with van der Waals surface area (Å²) in [7, 11) is -3.80. The highest BCUT2D eigenvalue weighted by Crippen LogP contribution is 2.34. The third-order valence-corrected chi connectivity index (χ3v) is 8.26. The second kappa shape index (κ2) is 11.6. The van der Waals surface area contributed by atoms with Gasteiger partial charge in [-0.3, -0.25) is 9.78 Å². The number of hydrogen-bond acceptors (Lipinski definition) is 8. The molecule has 0 aliphatic carbocycles. The van der Waals surface area contributed by atoms with Gasteiger partial charge in [0, 0.05) is 48.2 Å². The van der Waals surface area contributed by atoms with E-state index in [-0.39, 0.29) is 64.2 Å². The van der Waals surface area contributed by atoms with Gasteiger partial charge < -0.3 is 20.8 Å². The van der Waals surface area contributed by atoms with Crippen LogP contribution in [0.1, 0.15) is 31.9 Å². The topological polar surface area (TPSA) is 148 Å². The Balaban J connectivity index is 1.55. The minimum atomic E-state index is -3.80. The lowest BCUT2D eigenvalue weighted by Crippen LogP contribution is -2.49. The SMILES string of the molecule is Cc1c(Oc2ccnc3ccc(S(=O)(=O)N4CC(C#N)C4)cc23)ccc(CC(=O)N/C(C=N)=C/NC(C)(C)C)c1F. The quantitative estimate of drug-likeness (QED) is 0.323. The Kier molecular flexibility index (Phi) is 8.42. The first-order valence-corrected chi connectivity index (χ1v) is 14.3. The normalized spacial score (nSPS) is 14.7. The van der Waals surface area contributed by atoms with Crippen LogP contribution in [0.4, 0.5) is 4.39 Å². The van der Waals surface area contributed by atoms with E-state index in [4.69, 9.17) is 15.4 Å². The highest BCUT2D eigenvalue weighted by molar-refractivity contribution is 7.89. The molecule has 1 saturated heterocycles. The fourth-order valence-corrected chi connectivity index (χ4v) is 5.65. The van der Waals surface area contributed by atoms with Crippen molar-refractivity contribution in [2.45, 2.75) is 44.6 Å². The highest BCUT2D eigenvalue weighted by atomic mass is 32.2. The van der Waals surface area contributed by atoms with Crippen molar-refractivity contribution in [3.05, 3.63) is 71.4 Å². The molecule has 3 aromatic rings. The lowest BCUT2D eigenvalue weighted by Gasteiger charge is -2.33. The molecule has 4 rings (SSSR count). The average Bonchev–Trinajstić information content (AvgIpc) is 2.89. The van der Waals surface area contributed by atoms with E-state index in [1.165, 1.54) is 41.8 Å². The summed E-state index contributed by atoms with van der Waals surface area (Å²) in [5, 5.41) is 22.6. The molecule has 0 spiro atoms. The molecular weight excluding hydrogens is 547 g/mol. The third kappa shape index (κ3) is 6.70. The minimum Gasteiger partial charge on any atom is -0.456 e. The van der Waals surface area contributed by atoms with Gasteiger partial charge in [-0.05, 0) is 63.6 Å². The molecule has 214 valence electrons. The molecule has 1 fully saturated rings. The van der Waals surface area contributed by atoms with Gasteiger partial charge in [0.25, 0.3) is 0 Å². The summed E-state index contributed by atoms with van der Waals surface area (Å²) in [5.74, 6) is -0.943. The number of ether oxygens (including phenoxy) is 1. The van der Waals surface area contributed by atoms with Gasteiger partial charge in [0.2, 0.25) is 15.9 Å². The molecule has 12 heteroatoms. The Hall–Kier alpha value is -4.34. The standard InChI is InChI=1S/C29H31FN6O4S/c1-18-25(8-5-20(28(18)30)11-27(37)35-21(14-32)15-34-29(2,3)4)40-26-9-10-33-24-7-6-22(12-23(24)26)41(38,39)36-16-19(13-31)17-36/h5-10,12,14-15,19,32,34H,11,16-17H2,1-4H3,(H,35,37)/b21-15+,32-14?. The molecule has 1 amide bonds. The number of hydrogen-bond donors (Lipinski definition) is 3. The van der Waals surface area contributed by atoms with Crippen LogP contribution in [0.25, 0.3) is 10.9 Å². The minimum absolute atomic E-state index is 0.0412. The number of rotatable bonds is 9. The van der Waals surface area contributed by atoms with Gasteiger partial charge in [-0.2, -0.15) is 9.57 Å².